The fraction of sp³-hybridized carbons (Fsp3) is 0.571. The van der Waals surface area contributed by atoms with Gasteiger partial charge in [0, 0.05) is 12.1 Å². The molecular weight excluding hydrogens is 196 g/mol. The standard InChI is InChI=1S/C14H25N2/c1-13-7-6-8-14(11-13)12-16(4,5)10-9-15(2)3/h6-8,11H,9-10,12H2,1-5H3/q+1. The number of benzene rings is 1. The summed E-state index contributed by atoms with van der Waals surface area (Å²) in [6.45, 7) is 5.58. The topological polar surface area (TPSA) is 3.24 Å². The lowest BCUT2D eigenvalue weighted by molar-refractivity contribution is -0.903. The van der Waals surface area contributed by atoms with Gasteiger partial charge in [0.05, 0.1) is 20.6 Å². The maximum atomic E-state index is 2.30. The number of nitrogens with zero attached hydrogens (tertiary/aromatic N) is 2. The fourth-order valence-corrected chi connectivity index (χ4v) is 1.85. The van der Waals surface area contributed by atoms with Crippen LogP contribution in [0.5, 0.6) is 0 Å². The van der Waals surface area contributed by atoms with Gasteiger partial charge in [0.25, 0.3) is 0 Å². The quantitative estimate of drug-likeness (QED) is 0.689. The molecule has 0 aliphatic rings. The Hall–Kier alpha value is -0.860. The molecule has 1 aromatic carbocycles. The van der Waals surface area contributed by atoms with Crippen molar-refractivity contribution in [3.8, 4) is 0 Å². The van der Waals surface area contributed by atoms with Gasteiger partial charge in [-0.3, -0.25) is 0 Å². The zero-order chi connectivity index (χ0) is 12.2. The molecule has 0 aromatic heterocycles. The SMILES string of the molecule is Cc1cccc(C[N+](C)(C)CCN(C)C)c1. The summed E-state index contributed by atoms with van der Waals surface area (Å²) in [5, 5.41) is 0. The van der Waals surface area contributed by atoms with Crippen LogP contribution in [0.15, 0.2) is 24.3 Å². The highest BCUT2D eigenvalue weighted by Crippen LogP contribution is 2.10. The molecule has 0 unspecified atom stereocenters. The third-order valence-electron chi connectivity index (χ3n) is 2.85. The van der Waals surface area contributed by atoms with Gasteiger partial charge in [-0.2, -0.15) is 0 Å². The first kappa shape index (κ1) is 13.2. The summed E-state index contributed by atoms with van der Waals surface area (Å²) in [6, 6.07) is 8.82. The van der Waals surface area contributed by atoms with Crippen LogP contribution in [-0.4, -0.2) is 50.7 Å². The number of hydrogen-bond acceptors (Lipinski definition) is 1. The van der Waals surface area contributed by atoms with Crippen LogP contribution in [0, 0.1) is 6.92 Å². The van der Waals surface area contributed by atoms with E-state index < -0.39 is 0 Å². The molecule has 2 heteroatoms. The molecule has 0 heterocycles. The van der Waals surface area contributed by atoms with E-state index in [0.717, 1.165) is 17.6 Å². The maximum absolute atomic E-state index is 2.30. The van der Waals surface area contributed by atoms with Crippen molar-refractivity contribution < 1.29 is 4.48 Å². The maximum Gasteiger partial charge on any atom is 0.104 e. The minimum absolute atomic E-state index is 1.04. The Kier molecular flexibility index (Phi) is 4.51. The van der Waals surface area contributed by atoms with E-state index >= 15 is 0 Å². The van der Waals surface area contributed by atoms with Crippen molar-refractivity contribution in [2.75, 3.05) is 41.3 Å². The molecule has 0 fully saturated rings. The van der Waals surface area contributed by atoms with Gasteiger partial charge in [-0.15, -0.1) is 0 Å². The summed E-state index contributed by atoms with van der Waals surface area (Å²) in [5.41, 5.74) is 2.79. The van der Waals surface area contributed by atoms with Gasteiger partial charge in [0.2, 0.25) is 0 Å². The second-order valence-corrected chi connectivity index (χ2v) is 5.61. The molecular formula is C14H25N2+. The molecule has 0 spiro atoms. The molecule has 1 aromatic rings. The highest BCUT2D eigenvalue weighted by atomic mass is 15.3. The Bertz CT molecular complexity index is 329. The molecule has 1 rings (SSSR count). The van der Waals surface area contributed by atoms with Crippen LogP contribution in [0.1, 0.15) is 11.1 Å². The Morgan fingerprint density at radius 3 is 2.44 bits per heavy atom. The Morgan fingerprint density at radius 2 is 1.88 bits per heavy atom. The lowest BCUT2D eigenvalue weighted by atomic mass is 10.1. The minimum Gasteiger partial charge on any atom is -0.324 e. The van der Waals surface area contributed by atoms with E-state index in [4.69, 9.17) is 0 Å². The zero-order valence-electron chi connectivity index (χ0n) is 11.3. The van der Waals surface area contributed by atoms with Gasteiger partial charge in [-0.1, -0.05) is 29.8 Å². The largest absolute Gasteiger partial charge is 0.324 e. The molecule has 90 valence electrons. The Balaban J connectivity index is 2.58. The number of rotatable bonds is 5. The van der Waals surface area contributed by atoms with Crippen molar-refractivity contribution in [1.29, 1.82) is 0 Å². The van der Waals surface area contributed by atoms with Crippen LogP contribution in [0.3, 0.4) is 0 Å². The second kappa shape index (κ2) is 5.46. The molecule has 0 aliphatic heterocycles. The Morgan fingerprint density at radius 1 is 1.19 bits per heavy atom. The lowest BCUT2D eigenvalue weighted by Crippen LogP contribution is -2.43. The van der Waals surface area contributed by atoms with Gasteiger partial charge in [-0.05, 0) is 21.0 Å². The van der Waals surface area contributed by atoms with E-state index in [1.54, 1.807) is 0 Å². The second-order valence-electron chi connectivity index (χ2n) is 5.61. The van der Waals surface area contributed by atoms with Crippen molar-refractivity contribution in [3.05, 3.63) is 35.4 Å². The molecule has 0 radical (unpaired) electrons. The monoisotopic (exact) mass is 221 g/mol. The van der Waals surface area contributed by atoms with Crippen LogP contribution >= 0.6 is 0 Å². The molecule has 2 nitrogen and oxygen atoms in total. The first-order valence-corrected chi connectivity index (χ1v) is 5.91. The summed E-state index contributed by atoms with van der Waals surface area (Å²) < 4.78 is 1.04. The average Bonchev–Trinajstić information content (AvgIpc) is 2.14. The fourth-order valence-electron chi connectivity index (χ4n) is 1.85. The third kappa shape index (κ3) is 4.77. The highest BCUT2D eigenvalue weighted by molar-refractivity contribution is 5.21. The van der Waals surface area contributed by atoms with Crippen molar-refractivity contribution >= 4 is 0 Å². The van der Waals surface area contributed by atoms with E-state index in [9.17, 15) is 0 Å². The smallest absolute Gasteiger partial charge is 0.104 e. The number of aryl methyl sites for hydroxylation is 1. The molecule has 0 saturated carbocycles. The average molecular weight is 221 g/mol. The van der Waals surface area contributed by atoms with Gasteiger partial charge in [0.15, 0.2) is 0 Å². The predicted octanol–water partition coefficient (Wildman–Crippen LogP) is 2.13. The van der Waals surface area contributed by atoms with Gasteiger partial charge in [-0.25, -0.2) is 0 Å². The molecule has 0 aliphatic carbocycles. The number of hydrogen-bond donors (Lipinski definition) is 0. The van der Waals surface area contributed by atoms with Gasteiger partial charge in [0.1, 0.15) is 6.54 Å². The molecule has 0 bridgehead atoms. The van der Waals surface area contributed by atoms with Gasteiger partial charge < -0.3 is 9.38 Å². The molecule has 16 heavy (non-hydrogen) atoms. The van der Waals surface area contributed by atoms with Crippen molar-refractivity contribution in [1.82, 2.24) is 4.90 Å². The van der Waals surface area contributed by atoms with E-state index in [1.165, 1.54) is 17.7 Å². The summed E-state index contributed by atoms with van der Waals surface area (Å²) in [5.74, 6) is 0. The van der Waals surface area contributed by atoms with Gasteiger partial charge >= 0.3 is 0 Å². The number of likely N-dealkylation sites (N-methyl/N-ethyl adjacent to an activating group) is 2. The van der Waals surface area contributed by atoms with Crippen molar-refractivity contribution in [3.63, 3.8) is 0 Å². The first-order valence-electron chi connectivity index (χ1n) is 5.91. The van der Waals surface area contributed by atoms with Crippen LogP contribution in [0.25, 0.3) is 0 Å². The highest BCUT2D eigenvalue weighted by Gasteiger charge is 2.15. The van der Waals surface area contributed by atoms with Crippen molar-refractivity contribution in [2.45, 2.75) is 13.5 Å². The third-order valence-corrected chi connectivity index (χ3v) is 2.85. The van der Waals surface area contributed by atoms with E-state index in [-0.39, 0.29) is 0 Å². The predicted molar refractivity (Wildman–Crippen MR) is 70.4 cm³/mol. The van der Waals surface area contributed by atoms with Crippen LogP contribution in [0.4, 0.5) is 0 Å². The minimum atomic E-state index is 1.04. The normalized spacial score (nSPS) is 12.1. The number of quaternary nitrogens is 1. The molecule has 0 atom stereocenters. The molecule has 0 amide bonds. The lowest BCUT2D eigenvalue weighted by Gasteiger charge is -2.31. The van der Waals surface area contributed by atoms with Crippen LogP contribution < -0.4 is 0 Å². The van der Waals surface area contributed by atoms with Crippen LogP contribution in [0.2, 0.25) is 0 Å². The van der Waals surface area contributed by atoms with Crippen molar-refractivity contribution in [2.24, 2.45) is 0 Å². The summed E-state index contributed by atoms with van der Waals surface area (Å²) in [6.07, 6.45) is 0. The molecule has 0 saturated heterocycles. The van der Waals surface area contributed by atoms with Crippen LogP contribution in [-0.2, 0) is 6.54 Å². The van der Waals surface area contributed by atoms with E-state index in [2.05, 4.69) is 64.3 Å². The van der Waals surface area contributed by atoms with E-state index in [0.29, 0.717) is 0 Å². The summed E-state index contributed by atoms with van der Waals surface area (Å²) in [7, 11) is 8.86. The summed E-state index contributed by atoms with van der Waals surface area (Å²) >= 11 is 0. The van der Waals surface area contributed by atoms with E-state index in [1.807, 2.05) is 0 Å². The Labute approximate surface area is 100 Å². The molecule has 0 N–H and O–H groups in total. The zero-order valence-corrected chi connectivity index (χ0v) is 11.3. The summed E-state index contributed by atoms with van der Waals surface area (Å²) in [4.78, 5) is 2.25. The first-order chi connectivity index (χ1) is 7.39.